The van der Waals surface area contributed by atoms with E-state index < -0.39 is 0 Å². The van der Waals surface area contributed by atoms with Crippen LogP contribution in [-0.2, 0) is 0 Å². The van der Waals surface area contributed by atoms with Crippen LogP contribution in [0.25, 0.3) is 0 Å². The molecule has 0 heterocycles. The largest absolute Gasteiger partial charge is 0.489 e. The summed E-state index contributed by atoms with van der Waals surface area (Å²) in [7, 11) is 0. The first-order chi connectivity index (χ1) is 12.5. The van der Waals surface area contributed by atoms with Gasteiger partial charge in [-0.1, -0.05) is 95.8 Å². The van der Waals surface area contributed by atoms with E-state index in [2.05, 4.69) is 20.8 Å². The van der Waals surface area contributed by atoms with Crippen molar-refractivity contribution >= 4 is 0 Å². The first-order valence-electron chi connectivity index (χ1n) is 11.0. The molecule has 0 saturated carbocycles. The van der Waals surface area contributed by atoms with Gasteiger partial charge in [-0.15, -0.1) is 0 Å². The summed E-state index contributed by atoms with van der Waals surface area (Å²) >= 11 is 0. The SMILES string of the molecule is CCCCCCCCCCCCCCC(Oc1ccccc1)C(C)(C)N. The Morgan fingerprint density at radius 1 is 0.769 bits per heavy atom. The first kappa shape index (κ1) is 23.0. The van der Waals surface area contributed by atoms with Crippen LogP contribution >= 0.6 is 0 Å². The Bertz CT molecular complexity index is 424. The molecule has 0 amide bonds. The van der Waals surface area contributed by atoms with Crippen LogP contribution in [0.1, 0.15) is 104 Å². The molecule has 1 aromatic carbocycles. The van der Waals surface area contributed by atoms with Gasteiger partial charge in [-0.05, 0) is 38.8 Å². The monoisotopic (exact) mass is 361 g/mol. The van der Waals surface area contributed by atoms with Gasteiger partial charge in [-0.2, -0.15) is 0 Å². The van der Waals surface area contributed by atoms with Crippen LogP contribution < -0.4 is 10.5 Å². The van der Waals surface area contributed by atoms with Gasteiger partial charge in [0.05, 0.1) is 0 Å². The fraction of sp³-hybridized carbons (Fsp3) is 0.750. The summed E-state index contributed by atoms with van der Waals surface area (Å²) < 4.78 is 6.15. The molecule has 0 aliphatic heterocycles. The second kappa shape index (κ2) is 14.1. The fourth-order valence-corrected chi connectivity index (χ4v) is 3.42. The van der Waals surface area contributed by atoms with Crippen molar-refractivity contribution in [1.29, 1.82) is 0 Å². The molecule has 0 aromatic heterocycles. The zero-order valence-electron chi connectivity index (χ0n) is 17.6. The Morgan fingerprint density at radius 3 is 1.69 bits per heavy atom. The molecule has 0 radical (unpaired) electrons. The molecule has 1 aromatic rings. The van der Waals surface area contributed by atoms with E-state index in [0.29, 0.717) is 0 Å². The molecule has 1 unspecified atom stereocenters. The Hall–Kier alpha value is -1.02. The van der Waals surface area contributed by atoms with E-state index in [1.807, 2.05) is 30.3 Å². The lowest BCUT2D eigenvalue weighted by Gasteiger charge is -2.31. The molecule has 2 heteroatoms. The Kier molecular flexibility index (Phi) is 12.5. The van der Waals surface area contributed by atoms with Crippen LogP contribution in [0.2, 0.25) is 0 Å². The Balaban J connectivity index is 2.07. The van der Waals surface area contributed by atoms with E-state index in [4.69, 9.17) is 10.5 Å². The number of hydrogen-bond acceptors (Lipinski definition) is 2. The summed E-state index contributed by atoms with van der Waals surface area (Å²) in [5.41, 5.74) is 6.03. The maximum absolute atomic E-state index is 6.34. The third-order valence-corrected chi connectivity index (χ3v) is 5.17. The van der Waals surface area contributed by atoms with Gasteiger partial charge in [0.1, 0.15) is 11.9 Å². The fourth-order valence-electron chi connectivity index (χ4n) is 3.42. The topological polar surface area (TPSA) is 35.2 Å². The highest BCUT2D eigenvalue weighted by Gasteiger charge is 2.26. The van der Waals surface area contributed by atoms with Crippen molar-refractivity contribution in [2.45, 2.75) is 116 Å². The molecule has 150 valence electrons. The highest BCUT2D eigenvalue weighted by Crippen LogP contribution is 2.21. The quantitative estimate of drug-likeness (QED) is 0.314. The average molecular weight is 362 g/mol. The number of hydrogen-bond donors (Lipinski definition) is 1. The summed E-state index contributed by atoms with van der Waals surface area (Å²) in [6.07, 6.45) is 17.6. The minimum Gasteiger partial charge on any atom is -0.489 e. The molecule has 0 aliphatic carbocycles. The Labute approximate surface area is 162 Å². The van der Waals surface area contributed by atoms with Crippen molar-refractivity contribution in [3.8, 4) is 5.75 Å². The number of benzene rings is 1. The molecule has 1 rings (SSSR count). The molecule has 0 saturated heterocycles. The van der Waals surface area contributed by atoms with Gasteiger partial charge in [0, 0.05) is 5.54 Å². The third-order valence-electron chi connectivity index (χ3n) is 5.17. The van der Waals surface area contributed by atoms with Crippen molar-refractivity contribution in [1.82, 2.24) is 0 Å². The number of para-hydroxylation sites is 1. The number of rotatable bonds is 16. The maximum atomic E-state index is 6.34. The van der Waals surface area contributed by atoms with Crippen molar-refractivity contribution < 1.29 is 4.74 Å². The molecule has 2 nitrogen and oxygen atoms in total. The second-order valence-corrected chi connectivity index (χ2v) is 8.42. The highest BCUT2D eigenvalue weighted by atomic mass is 16.5. The summed E-state index contributed by atoms with van der Waals surface area (Å²) in [6, 6.07) is 10.1. The van der Waals surface area contributed by atoms with Crippen molar-refractivity contribution in [3.63, 3.8) is 0 Å². The molecule has 0 aliphatic rings. The van der Waals surface area contributed by atoms with Gasteiger partial charge in [-0.3, -0.25) is 0 Å². The van der Waals surface area contributed by atoms with Crippen molar-refractivity contribution in [2.24, 2.45) is 5.73 Å². The summed E-state index contributed by atoms with van der Waals surface area (Å²) in [5, 5.41) is 0. The molecule has 0 spiro atoms. The van der Waals surface area contributed by atoms with E-state index in [9.17, 15) is 0 Å². The molecular formula is C24H43NO. The summed E-state index contributed by atoms with van der Waals surface area (Å²) in [6.45, 7) is 6.42. The van der Waals surface area contributed by atoms with E-state index in [1.165, 1.54) is 77.0 Å². The number of ether oxygens (including phenoxy) is 1. The molecule has 0 bridgehead atoms. The van der Waals surface area contributed by atoms with E-state index >= 15 is 0 Å². The Morgan fingerprint density at radius 2 is 1.23 bits per heavy atom. The number of unbranched alkanes of at least 4 members (excludes halogenated alkanes) is 11. The van der Waals surface area contributed by atoms with Crippen molar-refractivity contribution in [3.05, 3.63) is 30.3 Å². The predicted octanol–water partition coefficient (Wildman–Crippen LogP) is 7.26. The van der Waals surface area contributed by atoms with Crippen LogP contribution in [0, 0.1) is 0 Å². The molecular weight excluding hydrogens is 318 g/mol. The molecule has 1 atom stereocenters. The van der Waals surface area contributed by atoms with Gasteiger partial charge in [-0.25, -0.2) is 0 Å². The third kappa shape index (κ3) is 11.6. The summed E-state index contributed by atoms with van der Waals surface area (Å²) in [4.78, 5) is 0. The standard InChI is InChI=1S/C24H43NO/c1-4-5-6-7-8-9-10-11-12-13-14-18-21-23(24(2,3)25)26-22-19-16-15-17-20-22/h15-17,19-20,23H,4-14,18,21,25H2,1-3H3. The van der Waals surface area contributed by atoms with Gasteiger partial charge in [0.2, 0.25) is 0 Å². The molecule has 2 N–H and O–H groups in total. The smallest absolute Gasteiger partial charge is 0.119 e. The zero-order chi connectivity index (χ0) is 19.1. The zero-order valence-corrected chi connectivity index (χ0v) is 17.6. The lowest BCUT2D eigenvalue weighted by atomic mass is 9.93. The molecule has 26 heavy (non-hydrogen) atoms. The lowest BCUT2D eigenvalue weighted by molar-refractivity contribution is 0.117. The normalized spacial score (nSPS) is 12.9. The highest BCUT2D eigenvalue weighted by molar-refractivity contribution is 5.21. The number of nitrogens with two attached hydrogens (primary N) is 1. The lowest BCUT2D eigenvalue weighted by Crippen LogP contribution is -2.48. The van der Waals surface area contributed by atoms with Crippen LogP contribution in [-0.4, -0.2) is 11.6 Å². The van der Waals surface area contributed by atoms with Crippen LogP contribution in [0.4, 0.5) is 0 Å². The van der Waals surface area contributed by atoms with Crippen LogP contribution in [0.15, 0.2) is 30.3 Å². The average Bonchev–Trinajstić information content (AvgIpc) is 2.61. The van der Waals surface area contributed by atoms with Gasteiger partial charge in [0.25, 0.3) is 0 Å². The minimum atomic E-state index is -0.312. The molecule has 0 fully saturated rings. The van der Waals surface area contributed by atoms with Gasteiger partial charge in [0.15, 0.2) is 0 Å². The second-order valence-electron chi connectivity index (χ2n) is 8.42. The predicted molar refractivity (Wildman–Crippen MR) is 115 cm³/mol. The van der Waals surface area contributed by atoms with Crippen LogP contribution in [0.3, 0.4) is 0 Å². The van der Waals surface area contributed by atoms with Crippen molar-refractivity contribution in [2.75, 3.05) is 0 Å². The first-order valence-corrected chi connectivity index (χ1v) is 11.0. The maximum Gasteiger partial charge on any atom is 0.119 e. The van der Waals surface area contributed by atoms with Gasteiger partial charge >= 0.3 is 0 Å². The van der Waals surface area contributed by atoms with Crippen LogP contribution in [0.5, 0.6) is 5.75 Å². The summed E-state index contributed by atoms with van der Waals surface area (Å²) in [5.74, 6) is 0.926. The van der Waals surface area contributed by atoms with E-state index in [0.717, 1.165) is 12.2 Å². The van der Waals surface area contributed by atoms with E-state index in [-0.39, 0.29) is 11.6 Å². The van der Waals surface area contributed by atoms with Gasteiger partial charge < -0.3 is 10.5 Å². The minimum absolute atomic E-state index is 0.0769. The van der Waals surface area contributed by atoms with E-state index in [1.54, 1.807) is 0 Å².